The summed E-state index contributed by atoms with van der Waals surface area (Å²) in [4.78, 5) is 37.2. The highest BCUT2D eigenvalue weighted by Crippen LogP contribution is 2.35. The molecule has 0 heterocycles. The van der Waals surface area contributed by atoms with E-state index in [4.69, 9.17) is 9.79 Å². The first kappa shape index (κ1) is 17.2. The van der Waals surface area contributed by atoms with Crippen LogP contribution in [0, 0.1) is 0 Å². The molecule has 10 heteroatoms. The molecule has 8 nitrogen and oxygen atoms in total. The van der Waals surface area contributed by atoms with E-state index in [-0.39, 0.29) is 6.61 Å². The summed E-state index contributed by atoms with van der Waals surface area (Å²) in [5.74, 6) is 0. The molecule has 0 aliphatic heterocycles. The van der Waals surface area contributed by atoms with Crippen molar-refractivity contribution in [2.75, 3.05) is 6.61 Å². The molecule has 1 unspecified atom stereocenters. The summed E-state index contributed by atoms with van der Waals surface area (Å²) in [5.41, 5.74) is 0. The van der Waals surface area contributed by atoms with Gasteiger partial charge in [-0.15, -0.1) is 0 Å². The molecule has 0 aliphatic rings. The first-order valence-electron chi connectivity index (χ1n) is 5.01. The van der Waals surface area contributed by atoms with E-state index in [1.807, 2.05) is 0 Å². The summed E-state index contributed by atoms with van der Waals surface area (Å²) >= 11 is 0. The average Bonchev–Trinajstić information content (AvgIpc) is 2.06. The van der Waals surface area contributed by atoms with Crippen molar-refractivity contribution >= 4 is 15.6 Å². The standard InChI is InChI=1S/C7H18O8P2/c1-7(15-17(11,12)13)5-3-2-4-6-14-16(8,9)10/h7H,2-6H2,1H3,(H2,8,9,10)(H2,11,12,13)/p-2. The van der Waals surface area contributed by atoms with Crippen LogP contribution >= 0.6 is 15.6 Å². The van der Waals surface area contributed by atoms with Gasteiger partial charge in [-0.2, -0.15) is 0 Å². The average molecular weight is 290 g/mol. The highest BCUT2D eigenvalue weighted by molar-refractivity contribution is 7.46. The second kappa shape index (κ2) is 7.61. The molecule has 0 aliphatic carbocycles. The highest BCUT2D eigenvalue weighted by atomic mass is 31.2. The minimum absolute atomic E-state index is 0.0683. The van der Waals surface area contributed by atoms with Crippen molar-refractivity contribution in [1.82, 2.24) is 0 Å². The largest absolute Gasteiger partial charge is 0.790 e. The lowest BCUT2D eigenvalue weighted by Crippen LogP contribution is -2.21. The van der Waals surface area contributed by atoms with E-state index >= 15 is 0 Å². The van der Waals surface area contributed by atoms with Gasteiger partial charge in [0.1, 0.15) is 0 Å². The Balaban J connectivity index is 3.46. The fourth-order valence-corrected chi connectivity index (χ4v) is 2.08. The number of phosphoric acid groups is 2. The minimum Gasteiger partial charge on any atom is -0.790 e. The Hall–Kier alpha value is 0.220. The molecule has 2 N–H and O–H groups in total. The lowest BCUT2D eigenvalue weighted by molar-refractivity contribution is -0.344. The summed E-state index contributed by atoms with van der Waals surface area (Å²) in [5, 5.41) is 0. The van der Waals surface area contributed by atoms with Gasteiger partial charge in [0.25, 0.3) is 0 Å². The van der Waals surface area contributed by atoms with Gasteiger partial charge in [0.2, 0.25) is 0 Å². The van der Waals surface area contributed by atoms with Crippen molar-refractivity contribution in [1.29, 1.82) is 0 Å². The van der Waals surface area contributed by atoms with E-state index in [1.165, 1.54) is 6.92 Å². The quantitative estimate of drug-likeness (QED) is 0.443. The molecule has 0 aromatic heterocycles. The topological polar surface area (TPSA) is 139 Å². The van der Waals surface area contributed by atoms with Gasteiger partial charge in [0, 0.05) is 0 Å². The van der Waals surface area contributed by atoms with Crippen molar-refractivity contribution in [3.63, 3.8) is 0 Å². The molecule has 0 fully saturated rings. The van der Waals surface area contributed by atoms with E-state index in [0.717, 1.165) is 0 Å². The van der Waals surface area contributed by atoms with Crippen molar-refractivity contribution in [2.24, 2.45) is 0 Å². The molecule has 0 bridgehead atoms. The fourth-order valence-electron chi connectivity index (χ4n) is 1.17. The number of phosphoric ester groups is 2. The predicted molar refractivity (Wildman–Crippen MR) is 54.6 cm³/mol. The molecule has 0 rings (SSSR count). The number of unbranched alkanes of at least 4 members (excludes halogenated alkanes) is 2. The molecule has 104 valence electrons. The first-order chi connectivity index (χ1) is 7.60. The Morgan fingerprint density at radius 2 is 1.76 bits per heavy atom. The van der Waals surface area contributed by atoms with Gasteiger partial charge in [-0.1, -0.05) is 12.8 Å². The Morgan fingerprint density at radius 1 is 1.18 bits per heavy atom. The van der Waals surface area contributed by atoms with E-state index < -0.39 is 21.7 Å². The third kappa shape index (κ3) is 14.2. The van der Waals surface area contributed by atoms with Gasteiger partial charge in [-0.05, 0) is 19.8 Å². The monoisotopic (exact) mass is 290 g/mol. The summed E-state index contributed by atoms with van der Waals surface area (Å²) in [6.07, 6.45) is 1.30. The number of rotatable bonds is 9. The fraction of sp³-hybridized carbons (Fsp3) is 1.00. The molecular formula is C7H16O8P2-2. The second-order valence-corrected chi connectivity index (χ2v) is 5.88. The van der Waals surface area contributed by atoms with Crippen molar-refractivity contribution in [3.8, 4) is 0 Å². The minimum atomic E-state index is -4.93. The van der Waals surface area contributed by atoms with Gasteiger partial charge >= 0.3 is 7.82 Å². The Kier molecular flexibility index (Phi) is 7.71. The van der Waals surface area contributed by atoms with Crippen LogP contribution in [0.1, 0.15) is 32.6 Å². The third-order valence-electron chi connectivity index (χ3n) is 1.82. The second-order valence-electron chi connectivity index (χ2n) is 3.54. The van der Waals surface area contributed by atoms with E-state index in [0.29, 0.717) is 25.7 Å². The molecule has 1 atom stereocenters. The van der Waals surface area contributed by atoms with Gasteiger partial charge in [-0.3, -0.25) is 4.52 Å². The maximum Gasteiger partial charge on any atom is 0.469 e. The number of hydrogen-bond donors (Lipinski definition) is 2. The normalized spacial score (nSPS) is 14.9. The third-order valence-corrected chi connectivity index (χ3v) is 2.96. The molecule has 0 aromatic carbocycles. The van der Waals surface area contributed by atoms with Gasteiger partial charge in [0.15, 0.2) is 0 Å². The van der Waals surface area contributed by atoms with Crippen molar-refractivity contribution in [2.45, 2.75) is 38.7 Å². The maximum absolute atomic E-state index is 10.3. The van der Waals surface area contributed by atoms with Crippen LogP contribution in [0.4, 0.5) is 0 Å². The Morgan fingerprint density at radius 3 is 2.24 bits per heavy atom. The van der Waals surface area contributed by atoms with Crippen LogP contribution in [0.5, 0.6) is 0 Å². The van der Waals surface area contributed by atoms with Crippen molar-refractivity contribution < 1.29 is 37.8 Å². The summed E-state index contributed by atoms with van der Waals surface area (Å²) in [6.45, 7) is 1.40. The molecule has 0 saturated carbocycles. The molecule has 0 aromatic rings. The lowest BCUT2D eigenvalue weighted by Gasteiger charge is -2.32. The Bertz CT molecular complexity index is 294. The molecule has 0 saturated heterocycles. The zero-order chi connectivity index (χ0) is 13.5. The van der Waals surface area contributed by atoms with Gasteiger partial charge in [-0.25, -0.2) is 4.57 Å². The predicted octanol–water partition coefficient (Wildman–Crippen LogP) is -0.110. The van der Waals surface area contributed by atoms with Gasteiger partial charge < -0.3 is 28.7 Å². The van der Waals surface area contributed by atoms with Crippen molar-refractivity contribution in [3.05, 3.63) is 0 Å². The summed E-state index contributed by atoms with van der Waals surface area (Å²) in [7, 11) is -9.34. The molecule has 17 heavy (non-hydrogen) atoms. The molecule has 0 amide bonds. The summed E-state index contributed by atoms with van der Waals surface area (Å²) < 4.78 is 28.9. The maximum atomic E-state index is 10.3. The highest BCUT2D eigenvalue weighted by Gasteiger charge is 2.12. The molecule has 0 spiro atoms. The lowest BCUT2D eigenvalue weighted by atomic mass is 10.1. The van der Waals surface area contributed by atoms with Crippen LogP contribution in [-0.4, -0.2) is 22.5 Å². The zero-order valence-electron chi connectivity index (χ0n) is 9.35. The Labute approximate surface area is 99.4 Å². The van der Waals surface area contributed by atoms with E-state index in [2.05, 4.69) is 9.05 Å². The van der Waals surface area contributed by atoms with E-state index in [1.54, 1.807) is 0 Å². The zero-order valence-corrected chi connectivity index (χ0v) is 11.1. The van der Waals surface area contributed by atoms with E-state index in [9.17, 15) is 18.9 Å². The molecular weight excluding hydrogens is 274 g/mol. The first-order valence-corrected chi connectivity index (χ1v) is 8.00. The van der Waals surface area contributed by atoms with Crippen LogP contribution < -0.4 is 9.79 Å². The molecule has 0 radical (unpaired) electrons. The van der Waals surface area contributed by atoms with Crippen LogP contribution in [0.3, 0.4) is 0 Å². The van der Waals surface area contributed by atoms with Crippen LogP contribution in [0.2, 0.25) is 0 Å². The smallest absolute Gasteiger partial charge is 0.469 e. The number of hydrogen-bond acceptors (Lipinski definition) is 6. The van der Waals surface area contributed by atoms with Crippen LogP contribution in [-0.2, 0) is 18.2 Å². The van der Waals surface area contributed by atoms with Crippen LogP contribution in [0.25, 0.3) is 0 Å². The van der Waals surface area contributed by atoms with Gasteiger partial charge in [0.05, 0.1) is 20.5 Å². The summed E-state index contributed by atoms with van der Waals surface area (Å²) in [6, 6.07) is 0. The SMILES string of the molecule is CC(CCCCCOP(=O)(O)O)OP(=O)([O-])[O-]. The van der Waals surface area contributed by atoms with Crippen LogP contribution in [0.15, 0.2) is 0 Å².